The zero-order valence-corrected chi connectivity index (χ0v) is 11.8. The molecule has 2 aromatic carbocycles. The van der Waals surface area contributed by atoms with E-state index in [4.69, 9.17) is 0 Å². The number of phenols is 1. The molecule has 10 nitrogen and oxygen atoms in total. The zero-order chi connectivity index (χ0) is 17.4. The summed E-state index contributed by atoms with van der Waals surface area (Å²) in [7, 11) is 0. The van der Waals surface area contributed by atoms with E-state index in [9.17, 15) is 30.1 Å². The van der Waals surface area contributed by atoms with Gasteiger partial charge in [-0.1, -0.05) is 0 Å². The fourth-order valence-electron chi connectivity index (χ4n) is 2.20. The Morgan fingerprint density at radius 3 is 2.29 bits per heavy atom. The highest BCUT2D eigenvalue weighted by Crippen LogP contribution is 2.30. The molecule has 0 saturated heterocycles. The van der Waals surface area contributed by atoms with Crippen LogP contribution in [0.15, 0.2) is 41.2 Å². The Balaban J connectivity index is 2.24. The van der Waals surface area contributed by atoms with Gasteiger partial charge < -0.3 is 10.1 Å². The van der Waals surface area contributed by atoms with E-state index in [-0.39, 0.29) is 39.4 Å². The second-order valence-corrected chi connectivity index (χ2v) is 4.83. The number of benzene rings is 2. The lowest BCUT2D eigenvalue weighted by Gasteiger charge is -2.05. The number of phenolic OH excluding ortho intramolecular Hbond substituents is 1. The van der Waals surface area contributed by atoms with E-state index in [0.717, 1.165) is 24.3 Å². The number of H-pyrrole nitrogens is 1. The van der Waals surface area contributed by atoms with E-state index >= 15 is 0 Å². The number of rotatable bonds is 3. The van der Waals surface area contributed by atoms with Gasteiger partial charge in [0.25, 0.3) is 16.9 Å². The van der Waals surface area contributed by atoms with Crippen LogP contribution in [-0.2, 0) is 0 Å². The molecule has 0 amide bonds. The SMILES string of the molecule is O=c1[nH]c(-c2cc([N+](=O)[O-])ccc2O)nc2ccc([N+](=O)[O-])cc12. The molecule has 24 heavy (non-hydrogen) atoms. The summed E-state index contributed by atoms with van der Waals surface area (Å²) < 4.78 is 0. The lowest BCUT2D eigenvalue weighted by atomic mass is 10.1. The molecule has 0 aliphatic heterocycles. The molecular weight excluding hydrogens is 320 g/mol. The third-order valence-electron chi connectivity index (χ3n) is 3.35. The predicted octanol–water partition coefficient (Wildman–Crippen LogP) is 2.11. The van der Waals surface area contributed by atoms with E-state index in [2.05, 4.69) is 9.97 Å². The van der Waals surface area contributed by atoms with E-state index in [0.29, 0.717) is 0 Å². The van der Waals surface area contributed by atoms with Gasteiger partial charge in [0.15, 0.2) is 0 Å². The van der Waals surface area contributed by atoms with Crippen LogP contribution in [0, 0.1) is 20.2 Å². The fourth-order valence-corrected chi connectivity index (χ4v) is 2.20. The van der Waals surface area contributed by atoms with E-state index in [1.54, 1.807) is 0 Å². The molecule has 10 heteroatoms. The van der Waals surface area contributed by atoms with Gasteiger partial charge in [-0.2, -0.15) is 0 Å². The van der Waals surface area contributed by atoms with Crippen molar-refractivity contribution in [1.82, 2.24) is 9.97 Å². The molecular formula is C14H8N4O6. The highest BCUT2D eigenvalue weighted by atomic mass is 16.6. The number of non-ortho nitro benzene ring substituents is 2. The lowest BCUT2D eigenvalue weighted by molar-refractivity contribution is -0.384. The van der Waals surface area contributed by atoms with Crippen molar-refractivity contribution >= 4 is 22.3 Å². The monoisotopic (exact) mass is 328 g/mol. The minimum Gasteiger partial charge on any atom is -0.507 e. The summed E-state index contributed by atoms with van der Waals surface area (Å²) in [5.74, 6) is -0.382. The molecule has 0 aliphatic rings. The van der Waals surface area contributed by atoms with Crippen LogP contribution in [0.4, 0.5) is 11.4 Å². The van der Waals surface area contributed by atoms with Crippen molar-refractivity contribution < 1.29 is 15.0 Å². The molecule has 0 radical (unpaired) electrons. The van der Waals surface area contributed by atoms with Gasteiger partial charge in [-0.05, 0) is 12.1 Å². The first kappa shape index (κ1) is 15.1. The van der Waals surface area contributed by atoms with Gasteiger partial charge in [0, 0.05) is 24.3 Å². The number of nitro benzene ring substituents is 2. The third-order valence-corrected chi connectivity index (χ3v) is 3.35. The average molecular weight is 328 g/mol. The van der Waals surface area contributed by atoms with E-state index in [1.165, 1.54) is 12.1 Å². The van der Waals surface area contributed by atoms with E-state index in [1.807, 2.05) is 0 Å². The van der Waals surface area contributed by atoms with E-state index < -0.39 is 15.4 Å². The molecule has 0 aliphatic carbocycles. The van der Waals surface area contributed by atoms with Gasteiger partial charge in [0.1, 0.15) is 11.6 Å². The van der Waals surface area contributed by atoms with Crippen molar-refractivity contribution in [2.24, 2.45) is 0 Å². The number of hydrogen-bond donors (Lipinski definition) is 2. The number of nitro groups is 2. The number of aromatic nitrogens is 2. The first-order valence-corrected chi connectivity index (χ1v) is 6.53. The fraction of sp³-hybridized carbons (Fsp3) is 0. The second-order valence-electron chi connectivity index (χ2n) is 4.83. The Labute approximate surface area is 132 Å². The molecule has 1 heterocycles. The van der Waals surface area contributed by atoms with Crippen molar-refractivity contribution in [2.45, 2.75) is 0 Å². The van der Waals surface area contributed by atoms with Crippen LogP contribution in [0.2, 0.25) is 0 Å². The smallest absolute Gasteiger partial charge is 0.270 e. The first-order valence-electron chi connectivity index (χ1n) is 6.53. The summed E-state index contributed by atoms with van der Waals surface area (Å²) in [5, 5.41) is 31.5. The number of aromatic amines is 1. The van der Waals surface area contributed by atoms with Gasteiger partial charge in [0.05, 0.1) is 26.3 Å². The Bertz CT molecular complexity index is 1060. The van der Waals surface area contributed by atoms with Gasteiger partial charge in [0.2, 0.25) is 0 Å². The Morgan fingerprint density at radius 2 is 1.62 bits per heavy atom. The van der Waals surface area contributed by atoms with Crippen molar-refractivity contribution in [3.8, 4) is 17.1 Å². The normalized spacial score (nSPS) is 10.7. The maximum Gasteiger partial charge on any atom is 0.270 e. The topological polar surface area (TPSA) is 152 Å². The van der Waals surface area contributed by atoms with Crippen molar-refractivity contribution in [1.29, 1.82) is 0 Å². The molecule has 0 saturated carbocycles. The summed E-state index contributed by atoms with van der Waals surface area (Å²) >= 11 is 0. The van der Waals surface area contributed by atoms with Crippen LogP contribution >= 0.6 is 0 Å². The van der Waals surface area contributed by atoms with Crippen LogP contribution in [0.25, 0.3) is 22.3 Å². The standard InChI is InChI=1S/C14H8N4O6/c19-12-4-2-8(18(23)24)6-10(12)13-15-11-3-1-7(17(21)22)5-9(11)14(20)16-13/h1-6,19H,(H,15,16,20). The maximum atomic E-state index is 12.1. The Hall–Kier alpha value is -3.82. The Morgan fingerprint density at radius 1 is 1.00 bits per heavy atom. The molecule has 3 rings (SSSR count). The van der Waals surface area contributed by atoms with Crippen LogP contribution in [-0.4, -0.2) is 24.9 Å². The minimum absolute atomic E-state index is 0.00197. The predicted molar refractivity (Wildman–Crippen MR) is 82.8 cm³/mol. The Kier molecular flexibility index (Phi) is 3.41. The molecule has 0 fully saturated rings. The number of nitrogens with one attached hydrogen (secondary N) is 1. The van der Waals surface area contributed by atoms with Gasteiger partial charge in [-0.3, -0.25) is 25.0 Å². The largest absolute Gasteiger partial charge is 0.507 e. The molecule has 0 bridgehead atoms. The van der Waals surface area contributed by atoms with Crippen molar-refractivity contribution in [3.05, 3.63) is 67.0 Å². The number of nitrogens with zero attached hydrogens (tertiary/aromatic N) is 3. The maximum absolute atomic E-state index is 12.1. The summed E-state index contributed by atoms with van der Waals surface area (Å²) in [5.41, 5.74) is -1.08. The lowest BCUT2D eigenvalue weighted by Crippen LogP contribution is -2.10. The number of aromatic hydroxyl groups is 1. The number of hydrogen-bond acceptors (Lipinski definition) is 7. The van der Waals surface area contributed by atoms with Gasteiger partial charge in [-0.25, -0.2) is 4.98 Å². The van der Waals surface area contributed by atoms with Crippen LogP contribution in [0.3, 0.4) is 0 Å². The molecule has 0 spiro atoms. The third kappa shape index (κ3) is 2.52. The molecule has 2 N–H and O–H groups in total. The number of fused-ring (bicyclic) bond motifs is 1. The van der Waals surface area contributed by atoms with Crippen molar-refractivity contribution in [3.63, 3.8) is 0 Å². The molecule has 120 valence electrons. The molecule has 0 atom stereocenters. The van der Waals surface area contributed by atoms with Gasteiger partial charge >= 0.3 is 0 Å². The highest BCUT2D eigenvalue weighted by Gasteiger charge is 2.16. The summed E-state index contributed by atoms with van der Waals surface area (Å²) in [6, 6.07) is 6.87. The van der Waals surface area contributed by atoms with Crippen LogP contribution in [0.5, 0.6) is 5.75 Å². The van der Waals surface area contributed by atoms with Crippen molar-refractivity contribution in [2.75, 3.05) is 0 Å². The summed E-state index contributed by atoms with van der Waals surface area (Å²) in [6.07, 6.45) is 0. The average Bonchev–Trinajstić information content (AvgIpc) is 2.54. The van der Waals surface area contributed by atoms with Gasteiger partial charge in [-0.15, -0.1) is 0 Å². The molecule has 0 unspecified atom stereocenters. The molecule has 3 aromatic rings. The highest BCUT2D eigenvalue weighted by molar-refractivity contribution is 5.82. The first-order chi connectivity index (χ1) is 11.4. The minimum atomic E-state index is -0.662. The summed E-state index contributed by atoms with van der Waals surface area (Å²) in [4.78, 5) is 38.9. The van der Waals surface area contributed by atoms with Crippen LogP contribution < -0.4 is 5.56 Å². The quantitative estimate of drug-likeness (QED) is 0.551. The zero-order valence-electron chi connectivity index (χ0n) is 11.8. The van der Waals surface area contributed by atoms with Crippen LogP contribution in [0.1, 0.15) is 0 Å². The molecule has 1 aromatic heterocycles. The second kappa shape index (κ2) is 5.43. The summed E-state index contributed by atoms with van der Waals surface area (Å²) in [6.45, 7) is 0.